The molecular weight excluding hydrogens is 184 g/mol. The van der Waals surface area contributed by atoms with Crippen LogP contribution in [-0.4, -0.2) is 30.0 Å². The van der Waals surface area contributed by atoms with E-state index in [4.69, 9.17) is 0 Å². The maximum atomic E-state index is 12.9. The molecule has 2 rings (SSSR count). The van der Waals surface area contributed by atoms with Crippen LogP contribution < -0.4 is 0 Å². The van der Waals surface area contributed by atoms with E-state index in [0.717, 1.165) is 13.1 Å². The Bertz CT molecular complexity index is 178. The van der Waals surface area contributed by atoms with Gasteiger partial charge in [0.2, 0.25) is 5.92 Å². The summed E-state index contributed by atoms with van der Waals surface area (Å²) in [7, 11) is 0. The van der Waals surface area contributed by atoms with Crippen molar-refractivity contribution in [2.45, 2.75) is 56.9 Å². The number of nitrogens with zero attached hydrogens (tertiary/aromatic N) is 1. The first-order valence-corrected chi connectivity index (χ1v) is 5.79. The Balaban J connectivity index is 1.82. The molecule has 1 heterocycles. The minimum Gasteiger partial charge on any atom is -0.300 e. The third-order valence-electron chi connectivity index (χ3n) is 3.59. The summed E-state index contributed by atoms with van der Waals surface area (Å²) in [6.45, 7) is 2.27. The van der Waals surface area contributed by atoms with Crippen molar-refractivity contribution in [3.63, 3.8) is 0 Å². The Labute approximate surface area is 84.5 Å². The Morgan fingerprint density at radius 1 is 0.929 bits per heavy atom. The Morgan fingerprint density at radius 3 is 2.07 bits per heavy atom. The number of rotatable bonds is 1. The second-order valence-electron chi connectivity index (χ2n) is 4.68. The van der Waals surface area contributed by atoms with Gasteiger partial charge in [-0.15, -0.1) is 0 Å². The van der Waals surface area contributed by atoms with E-state index in [-0.39, 0.29) is 12.8 Å². The van der Waals surface area contributed by atoms with Crippen molar-refractivity contribution in [3.05, 3.63) is 0 Å². The van der Waals surface area contributed by atoms with Crippen LogP contribution in [0.15, 0.2) is 0 Å². The van der Waals surface area contributed by atoms with Gasteiger partial charge in [0, 0.05) is 18.9 Å². The predicted molar refractivity (Wildman–Crippen MR) is 52.6 cm³/mol. The van der Waals surface area contributed by atoms with E-state index in [1.807, 2.05) is 0 Å². The lowest BCUT2D eigenvalue weighted by Gasteiger charge is -2.38. The molecule has 0 N–H and O–H groups in total. The lowest BCUT2D eigenvalue weighted by Crippen LogP contribution is -2.43. The molecule has 2 aliphatic rings. The van der Waals surface area contributed by atoms with Crippen molar-refractivity contribution in [1.29, 1.82) is 0 Å². The molecule has 0 bridgehead atoms. The van der Waals surface area contributed by atoms with Crippen molar-refractivity contribution in [3.8, 4) is 0 Å². The van der Waals surface area contributed by atoms with Crippen molar-refractivity contribution in [2.75, 3.05) is 13.1 Å². The molecule has 0 aromatic rings. The van der Waals surface area contributed by atoms with E-state index < -0.39 is 5.92 Å². The highest BCUT2D eigenvalue weighted by Crippen LogP contribution is 2.35. The number of likely N-dealkylation sites (tertiary alicyclic amines) is 1. The van der Waals surface area contributed by atoms with Crippen molar-refractivity contribution >= 4 is 0 Å². The zero-order valence-electron chi connectivity index (χ0n) is 8.64. The molecule has 1 aliphatic carbocycles. The van der Waals surface area contributed by atoms with Gasteiger partial charge in [-0.05, 0) is 38.8 Å². The number of alkyl halides is 2. The topological polar surface area (TPSA) is 3.24 Å². The van der Waals surface area contributed by atoms with Crippen LogP contribution >= 0.6 is 0 Å². The van der Waals surface area contributed by atoms with Gasteiger partial charge in [0.25, 0.3) is 0 Å². The molecule has 14 heavy (non-hydrogen) atoms. The van der Waals surface area contributed by atoms with Gasteiger partial charge in [-0.1, -0.05) is 6.42 Å². The van der Waals surface area contributed by atoms with Crippen molar-refractivity contribution in [1.82, 2.24) is 4.90 Å². The van der Waals surface area contributed by atoms with Crippen LogP contribution in [0, 0.1) is 0 Å². The van der Waals surface area contributed by atoms with E-state index >= 15 is 0 Å². The quantitative estimate of drug-likeness (QED) is 0.633. The summed E-state index contributed by atoms with van der Waals surface area (Å²) in [5, 5.41) is 0. The monoisotopic (exact) mass is 203 g/mol. The predicted octanol–water partition coefficient (Wildman–Crippen LogP) is 3.05. The summed E-state index contributed by atoms with van der Waals surface area (Å²) in [5.41, 5.74) is 0. The normalized spacial score (nSPS) is 30.4. The first kappa shape index (κ1) is 10.3. The zero-order chi connectivity index (χ0) is 10.0. The molecule has 3 heteroatoms. The van der Waals surface area contributed by atoms with Crippen LogP contribution in [0.2, 0.25) is 0 Å². The first-order valence-electron chi connectivity index (χ1n) is 5.79. The number of piperidine rings is 1. The average molecular weight is 203 g/mol. The lowest BCUT2D eigenvalue weighted by molar-refractivity contribution is -0.0553. The van der Waals surface area contributed by atoms with E-state index in [1.165, 1.54) is 19.3 Å². The minimum absolute atomic E-state index is 0.105. The van der Waals surface area contributed by atoms with Gasteiger partial charge in [-0.3, -0.25) is 0 Å². The second kappa shape index (κ2) is 4.13. The standard InChI is InChI=1S/C11H19F2N/c12-11(13)6-4-10(5-7-11)14-8-2-1-3-9-14/h10H,1-9H2. The van der Waals surface area contributed by atoms with Crippen molar-refractivity contribution in [2.24, 2.45) is 0 Å². The van der Waals surface area contributed by atoms with Gasteiger partial charge in [-0.25, -0.2) is 8.78 Å². The second-order valence-corrected chi connectivity index (χ2v) is 4.68. The molecule has 1 aliphatic heterocycles. The molecule has 2 fully saturated rings. The highest BCUT2D eigenvalue weighted by molar-refractivity contribution is 4.84. The molecule has 0 atom stereocenters. The summed E-state index contributed by atoms with van der Waals surface area (Å²) < 4.78 is 25.9. The molecule has 0 radical (unpaired) electrons. The molecular formula is C11H19F2N. The fraction of sp³-hybridized carbons (Fsp3) is 1.00. The fourth-order valence-corrected chi connectivity index (χ4v) is 2.67. The molecule has 0 aromatic carbocycles. The average Bonchev–Trinajstić information content (AvgIpc) is 2.19. The Morgan fingerprint density at radius 2 is 1.50 bits per heavy atom. The molecule has 0 spiro atoms. The number of hydrogen-bond donors (Lipinski definition) is 0. The highest BCUT2D eigenvalue weighted by Gasteiger charge is 2.36. The Kier molecular flexibility index (Phi) is 3.05. The van der Waals surface area contributed by atoms with Gasteiger partial charge in [0.1, 0.15) is 0 Å². The minimum atomic E-state index is -2.37. The van der Waals surface area contributed by atoms with Gasteiger partial charge < -0.3 is 4.90 Å². The van der Waals surface area contributed by atoms with Crippen LogP contribution in [0.5, 0.6) is 0 Å². The van der Waals surface area contributed by atoms with E-state index in [0.29, 0.717) is 18.9 Å². The summed E-state index contributed by atoms with van der Waals surface area (Å²) in [5.74, 6) is -2.37. The van der Waals surface area contributed by atoms with Crippen LogP contribution in [0.4, 0.5) is 8.78 Å². The number of halogens is 2. The Hall–Kier alpha value is -0.180. The largest absolute Gasteiger partial charge is 0.300 e. The molecule has 0 unspecified atom stereocenters. The molecule has 1 saturated carbocycles. The fourth-order valence-electron chi connectivity index (χ4n) is 2.67. The molecule has 0 amide bonds. The van der Waals surface area contributed by atoms with E-state index in [1.54, 1.807) is 0 Å². The highest BCUT2D eigenvalue weighted by atomic mass is 19.3. The molecule has 0 aromatic heterocycles. The van der Waals surface area contributed by atoms with Crippen LogP contribution in [0.1, 0.15) is 44.9 Å². The lowest BCUT2D eigenvalue weighted by atomic mass is 9.90. The first-order chi connectivity index (χ1) is 6.67. The molecule has 1 nitrogen and oxygen atoms in total. The maximum Gasteiger partial charge on any atom is 0.248 e. The zero-order valence-corrected chi connectivity index (χ0v) is 8.64. The summed E-state index contributed by atoms with van der Waals surface area (Å²) in [6, 6.07) is 0.454. The summed E-state index contributed by atoms with van der Waals surface area (Å²) in [6.07, 6.45) is 5.45. The maximum absolute atomic E-state index is 12.9. The molecule has 1 saturated heterocycles. The van der Waals surface area contributed by atoms with Gasteiger partial charge in [-0.2, -0.15) is 0 Å². The molecule has 82 valence electrons. The third kappa shape index (κ3) is 2.44. The van der Waals surface area contributed by atoms with Crippen LogP contribution in [-0.2, 0) is 0 Å². The third-order valence-corrected chi connectivity index (χ3v) is 3.59. The summed E-state index contributed by atoms with van der Waals surface area (Å²) >= 11 is 0. The van der Waals surface area contributed by atoms with Gasteiger partial charge in [0.05, 0.1) is 0 Å². The van der Waals surface area contributed by atoms with Crippen LogP contribution in [0.3, 0.4) is 0 Å². The van der Waals surface area contributed by atoms with Gasteiger partial charge in [0.15, 0.2) is 0 Å². The van der Waals surface area contributed by atoms with Crippen molar-refractivity contribution < 1.29 is 8.78 Å². The van der Waals surface area contributed by atoms with Crippen LogP contribution in [0.25, 0.3) is 0 Å². The van der Waals surface area contributed by atoms with Gasteiger partial charge >= 0.3 is 0 Å². The van der Waals surface area contributed by atoms with E-state index in [9.17, 15) is 8.78 Å². The summed E-state index contributed by atoms with van der Waals surface area (Å²) in [4.78, 5) is 2.43. The smallest absolute Gasteiger partial charge is 0.248 e. The number of hydrogen-bond acceptors (Lipinski definition) is 1. The van der Waals surface area contributed by atoms with E-state index in [2.05, 4.69) is 4.90 Å². The SMILES string of the molecule is FC1(F)CCC(N2CCCCC2)CC1.